The largest absolute Gasteiger partial charge is 2.00 e. The maximum absolute atomic E-state index is 4.98. The van der Waals surface area contributed by atoms with Gasteiger partial charge >= 0.3 is 17.1 Å². The van der Waals surface area contributed by atoms with Crippen LogP contribution in [0.3, 0.4) is 0 Å². The number of amidine groups is 2. The summed E-state index contributed by atoms with van der Waals surface area (Å²) in [5.74, 6) is 0. The van der Waals surface area contributed by atoms with Crippen molar-refractivity contribution in [3.05, 3.63) is 35.4 Å². The van der Waals surface area contributed by atoms with Gasteiger partial charge in [-0.2, -0.15) is 15.3 Å². The van der Waals surface area contributed by atoms with Gasteiger partial charge in [0, 0.05) is 19.7 Å². The number of nitrogens with one attached hydrogen (secondary N) is 2. The molecule has 0 saturated heterocycles. The molecule has 6 nitrogen and oxygen atoms in total. The van der Waals surface area contributed by atoms with Crippen molar-refractivity contribution < 1.29 is 17.1 Å². The second kappa shape index (κ2) is 11.1. The van der Waals surface area contributed by atoms with Crippen molar-refractivity contribution in [2.24, 2.45) is 20.4 Å². The number of nitrogens with zero attached hydrogens (tertiary/aromatic N) is 4. The van der Waals surface area contributed by atoms with E-state index in [4.69, 9.17) is 25.3 Å². The van der Waals surface area contributed by atoms with Gasteiger partial charge in [-0.15, -0.1) is 5.10 Å². The van der Waals surface area contributed by atoms with E-state index >= 15 is 0 Å². The van der Waals surface area contributed by atoms with Gasteiger partial charge in [0.05, 0.1) is 5.71 Å². The molecule has 0 unspecified atom stereocenters. The quantitative estimate of drug-likeness (QED) is 0.264. The number of hydrogen-bond acceptors (Lipinski definition) is 6. The fourth-order valence-electron chi connectivity index (χ4n) is 1.41. The summed E-state index contributed by atoms with van der Waals surface area (Å²) < 4.78 is 0. The minimum absolute atomic E-state index is 0. The standard InChI is InChI=1S/C14H20N6S2.Cu/c1-9-5-7-11(8-6-9)12(18-20-14(22)16-4)10(2)17-19-13(21)15-3;/h5-8H,1-4H3,(H2,15,19,21)(H2,16,20,22);/q;+2/p-2/b17-10+,18-12-;. The molecule has 2 N–H and O–H groups in total. The number of aryl methyl sites for hydroxylation is 1. The van der Waals surface area contributed by atoms with Gasteiger partial charge in [-0.25, -0.2) is 0 Å². The molecule has 1 rings (SSSR count). The van der Waals surface area contributed by atoms with Gasteiger partial charge in [0.15, 0.2) is 0 Å². The van der Waals surface area contributed by atoms with Crippen molar-refractivity contribution in [3.8, 4) is 0 Å². The van der Waals surface area contributed by atoms with Crippen molar-refractivity contribution >= 4 is 47.0 Å². The van der Waals surface area contributed by atoms with Crippen molar-refractivity contribution in [3.63, 3.8) is 0 Å². The molecule has 1 aromatic carbocycles. The molecule has 0 bridgehead atoms. The van der Waals surface area contributed by atoms with E-state index in [0.29, 0.717) is 21.8 Å². The molecule has 0 aliphatic carbocycles. The first-order chi connectivity index (χ1) is 10.5. The summed E-state index contributed by atoms with van der Waals surface area (Å²) in [5, 5.41) is 22.2. The van der Waals surface area contributed by atoms with Crippen LogP contribution in [0.15, 0.2) is 44.7 Å². The zero-order chi connectivity index (χ0) is 16.5. The summed E-state index contributed by atoms with van der Waals surface area (Å²) in [6.07, 6.45) is 0. The smallest absolute Gasteiger partial charge is 0.741 e. The number of rotatable bonds is 4. The Kier molecular flexibility index (Phi) is 10.3. The maximum Gasteiger partial charge on any atom is 2.00 e. The summed E-state index contributed by atoms with van der Waals surface area (Å²) in [7, 11) is 3.38. The third kappa shape index (κ3) is 7.51. The fourth-order valence-corrected chi connectivity index (χ4v) is 1.50. The van der Waals surface area contributed by atoms with Crippen molar-refractivity contribution in [2.75, 3.05) is 14.1 Å². The molecule has 0 spiro atoms. The average Bonchev–Trinajstić information content (AvgIpc) is 2.53. The van der Waals surface area contributed by atoms with Crippen molar-refractivity contribution in [1.82, 2.24) is 10.6 Å². The predicted molar refractivity (Wildman–Crippen MR) is 98.5 cm³/mol. The molecule has 1 radical (unpaired) electrons. The molecular formula is C14H18CuN6S2. The Morgan fingerprint density at radius 2 is 1.35 bits per heavy atom. The molecule has 0 saturated carbocycles. The molecule has 1 aromatic rings. The average molecular weight is 398 g/mol. The second-order valence-electron chi connectivity index (χ2n) is 4.31. The van der Waals surface area contributed by atoms with E-state index in [1.807, 2.05) is 31.2 Å². The normalized spacial score (nSPS) is 13.4. The zero-order valence-corrected chi connectivity index (χ0v) is 15.8. The van der Waals surface area contributed by atoms with Crippen LogP contribution >= 0.6 is 0 Å². The van der Waals surface area contributed by atoms with Gasteiger partial charge in [-0.3, -0.25) is 0 Å². The Balaban J connectivity index is 0.00000484. The van der Waals surface area contributed by atoms with Gasteiger partial charge in [0.1, 0.15) is 5.71 Å². The molecular weight excluding hydrogens is 380 g/mol. The Hall–Kier alpha value is -1.54. The first-order valence-corrected chi connectivity index (χ1v) is 7.34. The van der Waals surface area contributed by atoms with E-state index in [1.54, 1.807) is 21.0 Å². The third-order valence-electron chi connectivity index (χ3n) is 2.63. The molecule has 0 aromatic heterocycles. The van der Waals surface area contributed by atoms with Gasteiger partial charge < -0.3 is 35.9 Å². The predicted octanol–water partition coefficient (Wildman–Crippen LogP) is 1.32. The summed E-state index contributed by atoms with van der Waals surface area (Å²) in [6, 6.07) is 7.87. The van der Waals surface area contributed by atoms with Crippen LogP contribution in [0.5, 0.6) is 0 Å². The molecule has 23 heavy (non-hydrogen) atoms. The molecule has 0 aliphatic heterocycles. The first kappa shape index (κ1) is 21.5. The van der Waals surface area contributed by atoms with Crippen LogP contribution in [0.4, 0.5) is 0 Å². The van der Waals surface area contributed by atoms with Gasteiger partial charge in [-0.05, 0) is 24.2 Å². The topological polar surface area (TPSA) is 73.5 Å². The number of hydrogen-bond donors (Lipinski definition) is 2. The van der Waals surface area contributed by atoms with E-state index in [-0.39, 0.29) is 17.1 Å². The molecule has 0 aliphatic rings. The van der Waals surface area contributed by atoms with Crippen LogP contribution in [0.2, 0.25) is 0 Å². The van der Waals surface area contributed by atoms with Gasteiger partial charge in [-0.1, -0.05) is 29.8 Å². The van der Waals surface area contributed by atoms with E-state index in [1.165, 1.54) is 0 Å². The molecule has 0 amide bonds. The van der Waals surface area contributed by atoms with E-state index < -0.39 is 0 Å². The van der Waals surface area contributed by atoms with E-state index in [0.717, 1.165) is 11.1 Å². The van der Waals surface area contributed by atoms with Crippen LogP contribution in [0.1, 0.15) is 18.1 Å². The van der Waals surface area contributed by atoms with Crippen LogP contribution in [0.25, 0.3) is 0 Å². The van der Waals surface area contributed by atoms with Gasteiger partial charge in [0.25, 0.3) is 0 Å². The molecule has 127 valence electrons. The second-order valence-corrected chi connectivity index (χ2v) is 5.08. The minimum Gasteiger partial charge on any atom is -0.741 e. The van der Waals surface area contributed by atoms with Crippen molar-refractivity contribution in [1.29, 1.82) is 0 Å². The fraction of sp³-hybridized carbons (Fsp3) is 0.286. The Morgan fingerprint density at radius 3 is 1.83 bits per heavy atom. The summed E-state index contributed by atoms with van der Waals surface area (Å²) >= 11 is 9.92. The van der Waals surface area contributed by atoms with E-state index in [9.17, 15) is 0 Å². The Morgan fingerprint density at radius 1 is 0.870 bits per heavy atom. The van der Waals surface area contributed by atoms with Crippen molar-refractivity contribution in [2.45, 2.75) is 13.8 Å². The molecule has 0 fully saturated rings. The van der Waals surface area contributed by atoms with E-state index in [2.05, 4.69) is 31.0 Å². The van der Waals surface area contributed by atoms with Crippen LogP contribution < -0.4 is 10.6 Å². The minimum atomic E-state index is 0. The maximum atomic E-state index is 4.98. The van der Waals surface area contributed by atoms with Crippen LogP contribution in [-0.4, -0.2) is 35.9 Å². The summed E-state index contributed by atoms with van der Waals surface area (Å²) in [6.45, 7) is 3.81. The third-order valence-corrected chi connectivity index (χ3v) is 3.20. The first-order valence-electron chi connectivity index (χ1n) is 6.52. The summed E-state index contributed by atoms with van der Waals surface area (Å²) in [5.41, 5.74) is 3.20. The van der Waals surface area contributed by atoms with Crippen LogP contribution in [-0.2, 0) is 42.3 Å². The zero-order valence-electron chi connectivity index (χ0n) is 13.2. The number of benzene rings is 1. The van der Waals surface area contributed by atoms with Gasteiger partial charge in [0.2, 0.25) is 0 Å². The SMILES string of the molecule is CN/C([S-])=N/N=C(C)/C(=N/N=C(\[S-])NC)c1ccc(C)cc1.[Cu+2]. The summed E-state index contributed by atoms with van der Waals surface area (Å²) in [4.78, 5) is 0. The van der Waals surface area contributed by atoms with Crippen LogP contribution in [0, 0.1) is 6.92 Å². The Bertz CT molecular complexity index is 623. The molecule has 0 heterocycles. The monoisotopic (exact) mass is 397 g/mol. The Labute approximate surface area is 158 Å². The molecule has 0 atom stereocenters. The molecule has 9 heteroatoms.